The summed E-state index contributed by atoms with van der Waals surface area (Å²) in [4.78, 5) is 13.5. The number of nitrogens with zero attached hydrogens (tertiary/aromatic N) is 4. The predicted octanol–water partition coefficient (Wildman–Crippen LogP) is 10.6. The van der Waals surface area contributed by atoms with Crippen LogP contribution in [0.15, 0.2) is 150 Å². The van der Waals surface area contributed by atoms with Crippen LogP contribution in [0, 0.1) is 11.3 Å². The Bertz CT molecular complexity index is 3700. The van der Waals surface area contributed by atoms with Crippen LogP contribution in [0.2, 0.25) is 0 Å². The normalized spacial score (nSPS) is 16.7. The Hall–Kier alpha value is -6.64. The molecule has 5 nitrogen and oxygen atoms in total. The lowest BCUT2D eigenvalue weighted by atomic mass is 9.90. The van der Waals surface area contributed by atoms with Crippen LogP contribution in [-0.4, -0.2) is 15.0 Å². The molecule has 0 aliphatic rings. The predicted molar refractivity (Wildman–Crippen MR) is 189 cm³/mol. The summed E-state index contributed by atoms with van der Waals surface area (Å²) in [6.07, 6.45) is 0. The first kappa shape index (κ1) is 14.2. The van der Waals surface area contributed by atoms with Gasteiger partial charge in [0, 0.05) is 32.8 Å². The molecule has 0 bridgehead atoms. The van der Waals surface area contributed by atoms with E-state index >= 15 is 0 Å². The van der Waals surface area contributed by atoms with Crippen molar-refractivity contribution < 1.29 is 29.1 Å². The van der Waals surface area contributed by atoms with Crippen molar-refractivity contribution in [3.05, 3.63) is 151 Å². The minimum Gasteiger partial charge on any atom is -0.456 e. The van der Waals surface area contributed by atoms with E-state index < -0.39 is 159 Å². The lowest BCUT2D eigenvalue weighted by molar-refractivity contribution is 0.669. The molecule has 9 aromatic rings. The Morgan fingerprint density at radius 3 is 1.96 bits per heavy atom. The molecule has 0 radical (unpaired) electrons. The summed E-state index contributed by atoms with van der Waals surface area (Å²) in [5.74, 6) is -2.06. The van der Waals surface area contributed by atoms with Gasteiger partial charge < -0.3 is 4.42 Å². The second-order valence-corrected chi connectivity index (χ2v) is 10.1. The van der Waals surface area contributed by atoms with Gasteiger partial charge in [-0.2, -0.15) is 5.26 Å². The first-order valence-corrected chi connectivity index (χ1v) is 14.0. The second kappa shape index (κ2) is 10.8. The highest BCUT2D eigenvalue weighted by Crippen LogP contribution is 2.40. The zero-order valence-corrected chi connectivity index (χ0v) is 23.7. The summed E-state index contributed by atoms with van der Waals surface area (Å²) >= 11 is 0. The molecule has 2 heterocycles. The summed E-state index contributed by atoms with van der Waals surface area (Å²) < 4.78 is 164. The quantitative estimate of drug-likeness (QED) is 0.196. The van der Waals surface area contributed by atoms with Crippen LogP contribution in [0.1, 0.15) is 30.2 Å². The molecule has 9 rings (SSSR count). The van der Waals surface area contributed by atoms with Crippen molar-refractivity contribution in [3.63, 3.8) is 0 Å². The summed E-state index contributed by atoms with van der Waals surface area (Å²) in [5.41, 5.74) is -2.45. The van der Waals surface area contributed by atoms with E-state index in [2.05, 4.69) is 21.0 Å². The third-order valence-corrected chi connectivity index (χ3v) is 7.55. The molecule has 0 atom stereocenters. The van der Waals surface area contributed by atoms with Gasteiger partial charge in [-0.15, -0.1) is 0 Å². The van der Waals surface area contributed by atoms with E-state index in [9.17, 15) is 10.7 Å². The molecule has 218 valence electrons. The Labute approximate surface area is 295 Å². The maximum absolute atomic E-state index is 10.1. The van der Waals surface area contributed by atoms with Gasteiger partial charge in [0.05, 0.1) is 36.3 Å². The molecule has 0 saturated heterocycles. The van der Waals surface area contributed by atoms with Gasteiger partial charge in [0.15, 0.2) is 17.5 Å². The number of benzene rings is 7. The standard InChI is InChI=1S/C42H24N4O/c43-25-28-15-6-13-26-14-7-20-32(38(26)28)30-18-8-19-31-29(30)17-9-21-33(31)41-44-40(27-11-2-1-3-12-27)45-42(46-41)35-22-10-24-37-39(35)34-16-4-5-23-36(34)47-37/h1-24H/i1D,2D,3D,4D,5D,8D,9D,10D,11D,12D,16D,17D,18D,19D,21D,22D,23D,24D. The van der Waals surface area contributed by atoms with E-state index in [1.54, 1.807) is 24.3 Å². The van der Waals surface area contributed by atoms with Crippen molar-refractivity contribution >= 4 is 43.5 Å². The number of hydrogen-bond acceptors (Lipinski definition) is 5. The Balaban J connectivity index is 1.52. The van der Waals surface area contributed by atoms with Gasteiger partial charge in [-0.3, -0.25) is 0 Å². The molecule has 0 saturated carbocycles. The zero-order chi connectivity index (χ0) is 47.0. The van der Waals surface area contributed by atoms with E-state index in [-0.39, 0.29) is 32.8 Å². The molecule has 0 amide bonds. The SMILES string of the molecule is [2H]c1c([2H])c([2H])c(-c2nc(-c3c([2H])c([2H])c([2H])c4c(-c5cccc6cccc(C#N)c56)c([2H])c([2H])c([2H])c34)nc(-c3c([2H])c([2H])c([2H])c4oc5c([2H])c([2H])c([2H])c([2H])c5c34)n2)c([2H])c1[2H]. The van der Waals surface area contributed by atoms with Crippen LogP contribution in [0.5, 0.6) is 0 Å². The molecule has 47 heavy (non-hydrogen) atoms. The van der Waals surface area contributed by atoms with Crippen LogP contribution in [0.25, 0.3) is 88.8 Å². The average Bonchev–Trinajstić information content (AvgIpc) is 3.70. The van der Waals surface area contributed by atoms with Gasteiger partial charge in [-0.05, 0) is 45.4 Å². The zero-order valence-electron chi connectivity index (χ0n) is 41.7. The largest absolute Gasteiger partial charge is 0.456 e. The fourth-order valence-corrected chi connectivity index (χ4v) is 5.55. The molecule has 0 aliphatic heterocycles. The van der Waals surface area contributed by atoms with Crippen molar-refractivity contribution in [1.82, 2.24) is 15.0 Å². The highest BCUT2D eigenvalue weighted by molar-refractivity contribution is 6.12. The molecule has 0 fully saturated rings. The average molecular weight is 619 g/mol. The van der Waals surface area contributed by atoms with Crippen LogP contribution in [0.3, 0.4) is 0 Å². The minimum atomic E-state index is -0.820. The van der Waals surface area contributed by atoms with Crippen molar-refractivity contribution in [1.29, 1.82) is 5.26 Å². The van der Waals surface area contributed by atoms with Crippen LogP contribution < -0.4 is 0 Å². The third-order valence-electron chi connectivity index (χ3n) is 7.55. The summed E-state index contributed by atoms with van der Waals surface area (Å²) in [5, 5.41) is 9.60. The number of nitriles is 1. The fourth-order valence-electron chi connectivity index (χ4n) is 5.55. The molecule has 0 spiro atoms. The van der Waals surface area contributed by atoms with Gasteiger partial charge in [0.1, 0.15) is 11.2 Å². The lowest BCUT2D eigenvalue weighted by Gasteiger charge is -2.14. The van der Waals surface area contributed by atoms with E-state index in [1.165, 1.54) is 12.1 Å². The summed E-state index contributed by atoms with van der Waals surface area (Å²) in [7, 11) is 0. The molecule has 0 aliphatic carbocycles. The lowest BCUT2D eigenvalue weighted by Crippen LogP contribution is -2.01. The van der Waals surface area contributed by atoms with Crippen molar-refractivity contribution in [2.45, 2.75) is 0 Å². The van der Waals surface area contributed by atoms with Gasteiger partial charge in [-0.25, -0.2) is 15.0 Å². The van der Waals surface area contributed by atoms with Crippen LogP contribution >= 0.6 is 0 Å². The Morgan fingerprint density at radius 1 is 0.511 bits per heavy atom. The van der Waals surface area contributed by atoms with Gasteiger partial charge >= 0.3 is 0 Å². The topological polar surface area (TPSA) is 75.6 Å². The molecular formula is C42H24N4O. The van der Waals surface area contributed by atoms with E-state index in [4.69, 9.17) is 23.6 Å². The third kappa shape index (κ3) is 4.35. The number of furan rings is 1. The minimum absolute atomic E-state index is 0.159. The van der Waals surface area contributed by atoms with Gasteiger partial charge in [-0.1, -0.05) is 127 Å². The molecular weight excluding hydrogens is 576 g/mol. The second-order valence-electron chi connectivity index (χ2n) is 10.1. The Morgan fingerprint density at radius 2 is 1.13 bits per heavy atom. The number of aromatic nitrogens is 3. The first-order chi connectivity index (χ1) is 30.7. The highest BCUT2D eigenvalue weighted by atomic mass is 16.3. The fraction of sp³-hybridized carbons (Fsp3) is 0. The van der Waals surface area contributed by atoms with Crippen molar-refractivity contribution in [2.24, 2.45) is 0 Å². The highest BCUT2D eigenvalue weighted by Gasteiger charge is 2.19. The first-order valence-electron chi connectivity index (χ1n) is 23.0. The van der Waals surface area contributed by atoms with Gasteiger partial charge in [0.25, 0.3) is 0 Å². The number of rotatable bonds is 4. The summed E-state index contributed by atoms with van der Waals surface area (Å²) in [6, 6.07) is -1.52. The monoisotopic (exact) mass is 618 g/mol. The summed E-state index contributed by atoms with van der Waals surface area (Å²) in [6.45, 7) is 0. The maximum atomic E-state index is 10.1. The van der Waals surface area contributed by atoms with E-state index in [0.29, 0.717) is 10.8 Å². The van der Waals surface area contributed by atoms with E-state index in [0.717, 1.165) is 0 Å². The molecule has 7 aromatic carbocycles. The molecule has 0 unspecified atom stereocenters. The van der Waals surface area contributed by atoms with Crippen molar-refractivity contribution in [3.8, 4) is 51.4 Å². The number of para-hydroxylation sites is 1. The molecule has 2 aromatic heterocycles. The number of hydrogen-bond donors (Lipinski definition) is 0. The Kier molecular flexibility index (Phi) is 3.25. The molecule has 0 N–H and O–H groups in total. The van der Waals surface area contributed by atoms with Gasteiger partial charge in [0.2, 0.25) is 0 Å². The molecule has 5 heteroatoms. The number of fused-ring (bicyclic) bond motifs is 5. The maximum Gasteiger partial charge on any atom is 0.164 e. The van der Waals surface area contributed by atoms with E-state index in [1.807, 2.05) is 0 Å². The van der Waals surface area contributed by atoms with Crippen molar-refractivity contribution in [2.75, 3.05) is 0 Å². The van der Waals surface area contributed by atoms with Crippen LogP contribution in [-0.2, 0) is 0 Å². The smallest absolute Gasteiger partial charge is 0.164 e. The van der Waals surface area contributed by atoms with Crippen LogP contribution in [0.4, 0.5) is 0 Å².